The predicted octanol–water partition coefficient (Wildman–Crippen LogP) is 2.77. The van der Waals surface area contributed by atoms with E-state index in [9.17, 15) is 34.5 Å². The van der Waals surface area contributed by atoms with Crippen molar-refractivity contribution in [3.8, 4) is 0 Å². The largest absolute Gasteiger partial charge is 0.462 e. The first kappa shape index (κ1) is 48.6. The highest BCUT2D eigenvalue weighted by Crippen LogP contribution is 2.37. The Morgan fingerprint density at radius 3 is 2.23 bits per heavy atom. The molecule has 0 saturated carbocycles. The predicted molar refractivity (Wildman–Crippen MR) is 205 cm³/mol. The van der Waals surface area contributed by atoms with Crippen molar-refractivity contribution in [2.24, 2.45) is 11.8 Å². The fourth-order valence-electron chi connectivity index (χ4n) is 7.82. The van der Waals surface area contributed by atoms with Crippen molar-refractivity contribution >= 4 is 24.2 Å². The molecule has 3 heterocycles. The second-order valence-corrected chi connectivity index (χ2v) is 16.0. The average Bonchev–Trinajstić information content (AvgIpc) is 3.13. The molecule has 0 aromatic heterocycles. The van der Waals surface area contributed by atoms with Crippen molar-refractivity contribution in [3.63, 3.8) is 0 Å². The number of aliphatic hydroxyl groups excluding tert-OH is 2. The Kier molecular flexibility index (Phi) is 19.2. The monoisotopic (exact) mass is 813 g/mol. The zero-order chi connectivity index (χ0) is 42.6. The van der Waals surface area contributed by atoms with Crippen LogP contribution in [0.15, 0.2) is 24.3 Å². The van der Waals surface area contributed by atoms with Gasteiger partial charge >= 0.3 is 17.9 Å². The highest BCUT2D eigenvalue weighted by Gasteiger charge is 2.53. The highest BCUT2D eigenvalue weighted by molar-refractivity contribution is 5.72. The molecule has 3 aliphatic rings. The molecule has 0 aromatic rings. The minimum atomic E-state index is -1.49. The normalized spacial score (nSPS) is 41.1. The maximum atomic E-state index is 13.3. The second-order valence-electron chi connectivity index (χ2n) is 16.0. The number of cyclic esters (lactones) is 1. The quantitative estimate of drug-likeness (QED) is 0.147. The van der Waals surface area contributed by atoms with Crippen LogP contribution in [-0.4, -0.2) is 151 Å². The smallest absolute Gasteiger partial charge is 0.309 e. The summed E-state index contributed by atoms with van der Waals surface area (Å²) in [5.74, 6) is -2.82. The van der Waals surface area contributed by atoms with Crippen LogP contribution in [-0.2, 0) is 57.1 Å². The zero-order valence-corrected chi connectivity index (χ0v) is 35.2. The van der Waals surface area contributed by atoms with Gasteiger partial charge in [0.2, 0.25) is 0 Å². The fourth-order valence-corrected chi connectivity index (χ4v) is 7.82. The van der Waals surface area contributed by atoms with E-state index in [1.807, 2.05) is 13.0 Å². The number of aldehydes is 1. The molecule has 16 nitrogen and oxygen atoms in total. The first-order chi connectivity index (χ1) is 26.9. The van der Waals surface area contributed by atoms with Crippen LogP contribution in [0.4, 0.5) is 0 Å². The van der Waals surface area contributed by atoms with E-state index in [1.165, 1.54) is 7.11 Å². The molecule has 0 bridgehead atoms. The molecule has 16 heteroatoms. The molecule has 0 amide bonds. The Labute approximate surface area is 337 Å². The van der Waals surface area contributed by atoms with Crippen molar-refractivity contribution < 1.29 is 72.4 Å². The number of esters is 3. The number of carbonyl (C=O) groups is 4. The van der Waals surface area contributed by atoms with Crippen LogP contribution < -0.4 is 0 Å². The Morgan fingerprint density at radius 1 is 0.965 bits per heavy atom. The molecule has 2 saturated heterocycles. The average molecular weight is 814 g/mol. The minimum Gasteiger partial charge on any atom is -0.462 e. The van der Waals surface area contributed by atoms with E-state index in [-0.39, 0.29) is 32.1 Å². The number of carbonyl (C=O) groups excluding carboxylic acids is 4. The maximum Gasteiger partial charge on any atom is 0.309 e. The summed E-state index contributed by atoms with van der Waals surface area (Å²) in [6.45, 7) is 11.8. The lowest BCUT2D eigenvalue weighted by atomic mass is 9.82. The first-order valence-electron chi connectivity index (χ1n) is 20.1. The SMILES string of the molecule is CCC(=O)OC1C(C)OC(OC2C(C)OC(O[C@H]3[C@@H](CC=O)C[C@@H](C)[C@@H](O)/C=C/C=C/C[C@@H](C)OC(=O)C[C@@H](OC(=O)CC)[C@@H]3OC)C(O)C2N(C)C)CC1(C)O. The van der Waals surface area contributed by atoms with Crippen molar-refractivity contribution in [2.45, 2.75) is 179 Å². The van der Waals surface area contributed by atoms with Crippen molar-refractivity contribution in [1.29, 1.82) is 0 Å². The van der Waals surface area contributed by atoms with Gasteiger partial charge in [-0.15, -0.1) is 0 Å². The summed E-state index contributed by atoms with van der Waals surface area (Å²) >= 11 is 0. The van der Waals surface area contributed by atoms with Crippen molar-refractivity contribution in [2.75, 3.05) is 21.2 Å². The van der Waals surface area contributed by atoms with Crippen LogP contribution in [0.5, 0.6) is 0 Å². The van der Waals surface area contributed by atoms with E-state index in [0.29, 0.717) is 12.7 Å². The summed E-state index contributed by atoms with van der Waals surface area (Å²) in [5.41, 5.74) is -1.49. The molecule has 3 N–H and O–H groups in total. The molecular formula is C41H67NO15. The van der Waals surface area contributed by atoms with E-state index >= 15 is 0 Å². The van der Waals surface area contributed by atoms with Crippen LogP contribution in [0.3, 0.4) is 0 Å². The van der Waals surface area contributed by atoms with Crippen molar-refractivity contribution in [1.82, 2.24) is 4.90 Å². The number of likely N-dealkylation sites (N-methyl/N-ethyl adjacent to an activating group) is 1. The molecule has 0 aliphatic carbocycles. The lowest BCUT2D eigenvalue weighted by molar-refractivity contribution is -0.344. The Hall–Kier alpha value is -2.80. The molecule has 2 fully saturated rings. The van der Waals surface area contributed by atoms with Gasteiger partial charge in [-0.25, -0.2) is 0 Å². The molecule has 3 aliphatic heterocycles. The van der Waals surface area contributed by atoms with Gasteiger partial charge in [0, 0.05) is 39.2 Å². The summed E-state index contributed by atoms with van der Waals surface area (Å²) in [6.07, 6.45) is -4.08. The van der Waals surface area contributed by atoms with Gasteiger partial charge in [-0.1, -0.05) is 45.1 Å². The van der Waals surface area contributed by atoms with Crippen LogP contribution in [0.1, 0.15) is 93.4 Å². The number of methoxy groups -OCH3 is 1. The van der Waals surface area contributed by atoms with Crippen LogP contribution >= 0.6 is 0 Å². The van der Waals surface area contributed by atoms with Gasteiger partial charge in [-0.3, -0.25) is 14.4 Å². The topological polar surface area (TPSA) is 206 Å². The van der Waals surface area contributed by atoms with E-state index in [2.05, 4.69) is 0 Å². The third-order valence-corrected chi connectivity index (χ3v) is 10.9. The van der Waals surface area contributed by atoms with Gasteiger partial charge in [-0.05, 0) is 60.0 Å². The van der Waals surface area contributed by atoms with Crippen LogP contribution in [0, 0.1) is 11.8 Å². The Balaban J connectivity index is 2.01. The lowest BCUT2D eigenvalue weighted by Gasteiger charge is -2.50. The fraction of sp³-hybridized carbons (Fsp3) is 0.805. The van der Waals surface area contributed by atoms with Gasteiger partial charge < -0.3 is 62.9 Å². The molecule has 9 unspecified atom stereocenters. The van der Waals surface area contributed by atoms with Gasteiger partial charge in [0.15, 0.2) is 18.7 Å². The number of rotatable bonds is 12. The molecule has 57 heavy (non-hydrogen) atoms. The number of hydrogen-bond donors (Lipinski definition) is 3. The maximum absolute atomic E-state index is 13.3. The summed E-state index contributed by atoms with van der Waals surface area (Å²) in [7, 11) is 4.86. The van der Waals surface area contributed by atoms with Crippen molar-refractivity contribution in [3.05, 3.63) is 24.3 Å². The highest BCUT2D eigenvalue weighted by atomic mass is 16.7. The molecule has 0 aromatic carbocycles. The standard InChI is InChI=1S/C41H67NO15/c1-11-30(45)54-29-21-32(47)51-24(4)16-14-13-15-17-28(44)23(3)20-27(18-19-43)37(38(29)50-10)57-40-35(48)34(42(8)9)36(25(5)53-40)56-33-22-41(7,49)39(26(6)52-33)55-31(46)12-2/h13-15,17,19,23-29,33-40,44,48-49H,11-12,16,18,20-22H2,1-10H3/b14-13+,17-15+/t23-,24-,25?,26?,27+,28+,29-,33?,34?,35?,36?,37+,38+,39?,40?,41?/m1/s1. The number of ether oxygens (including phenoxy) is 8. The molecular weight excluding hydrogens is 746 g/mol. The second kappa shape index (κ2) is 22.5. The molecule has 0 radical (unpaired) electrons. The Bertz CT molecular complexity index is 1350. The third kappa shape index (κ3) is 13.6. The number of nitrogens with zero attached hydrogens (tertiary/aromatic N) is 1. The zero-order valence-electron chi connectivity index (χ0n) is 35.2. The van der Waals surface area contributed by atoms with E-state index in [4.69, 9.17) is 37.9 Å². The molecule has 326 valence electrons. The summed E-state index contributed by atoms with van der Waals surface area (Å²) in [5, 5.41) is 34.5. The van der Waals surface area contributed by atoms with Gasteiger partial charge in [0.25, 0.3) is 0 Å². The van der Waals surface area contributed by atoms with E-state index < -0.39 is 121 Å². The number of hydrogen-bond acceptors (Lipinski definition) is 16. The molecule has 0 spiro atoms. The van der Waals surface area contributed by atoms with E-state index in [1.54, 1.807) is 78.8 Å². The molecule has 3 rings (SSSR count). The number of aliphatic hydroxyl groups is 3. The molecule has 16 atom stereocenters. The minimum absolute atomic E-state index is 0.000633. The van der Waals surface area contributed by atoms with E-state index in [0.717, 1.165) is 0 Å². The summed E-state index contributed by atoms with van der Waals surface area (Å²) < 4.78 is 48.5. The van der Waals surface area contributed by atoms with Gasteiger partial charge in [0.1, 0.15) is 42.4 Å². The third-order valence-electron chi connectivity index (χ3n) is 10.9. The summed E-state index contributed by atoms with van der Waals surface area (Å²) in [6, 6.07) is -0.779. The van der Waals surface area contributed by atoms with Gasteiger partial charge in [-0.2, -0.15) is 0 Å². The first-order valence-corrected chi connectivity index (χ1v) is 20.1. The summed E-state index contributed by atoms with van der Waals surface area (Å²) in [4.78, 5) is 52.3. The van der Waals surface area contributed by atoms with Gasteiger partial charge in [0.05, 0.1) is 36.9 Å². The number of allylic oxidation sites excluding steroid dienone is 2. The lowest BCUT2D eigenvalue weighted by Crippen LogP contribution is -2.66. The van der Waals surface area contributed by atoms with Crippen LogP contribution in [0.2, 0.25) is 0 Å². The van der Waals surface area contributed by atoms with Crippen LogP contribution in [0.25, 0.3) is 0 Å². The Morgan fingerprint density at radius 2 is 1.63 bits per heavy atom.